The maximum absolute atomic E-state index is 12.5. The molecule has 5 heteroatoms. The molecule has 1 heterocycles. The molecule has 0 spiro atoms. The van der Waals surface area contributed by atoms with E-state index in [0.717, 1.165) is 16.9 Å². The molecule has 0 bridgehead atoms. The minimum atomic E-state index is -0.405. The lowest BCUT2D eigenvalue weighted by Crippen LogP contribution is -2.27. The van der Waals surface area contributed by atoms with Crippen molar-refractivity contribution in [3.05, 3.63) is 94.8 Å². The summed E-state index contributed by atoms with van der Waals surface area (Å²) in [5.41, 5.74) is 2.65. The number of carbonyl (C=O) groups is 1. The molecule has 0 unspecified atom stereocenters. The van der Waals surface area contributed by atoms with E-state index in [9.17, 15) is 10.1 Å². The van der Waals surface area contributed by atoms with Crippen LogP contribution in [0.3, 0.4) is 0 Å². The molecule has 0 aliphatic heterocycles. The maximum Gasteiger partial charge on any atom is 0.262 e. The number of hydrogen-bond donors (Lipinski definition) is 1. The highest BCUT2D eigenvalue weighted by Crippen LogP contribution is 2.19. The summed E-state index contributed by atoms with van der Waals surface area (Å²) >= 11 is 5.94. The predicted molar refractivity (Wildman–Crippen MR) is 107 cm³/mol. The number of carbonyl (C=O) groups excluding carboxylic acids is 1. The smallest absolute Gasteiger partial charge is 0.262 e. The van der Waals surface area contributed by atoms with Crippen molar-refractivity contribution in [2.75, 3.05) is 0 Å². The largest absolute Gasteiger partial charge is 0.345 e. The van der Waals surface area contributed by atoms with Crippen molar-refractivity contribution in [2.45, 2.75) is 13.0 Å². The maximum atomic E-state index is 12.5. The number of hydrogen-bond acceptors (Lipinski definition) is 2. The van der Waals surface area contributed by atoms with E-state index in [1.54, 1.807) is 18.2 Å². The van der Waals surface area contributed by atoms with E-state index in [1.807, 2.05) is 78.4 Å². The fourth-order valence-electron chi connectivity index (χ4n) is 2.74. The summed E-state index contributed by atoms with van der Waals surface area (Å²) in [5, 5.41) is 13.0. The molecular weight excluding hydrogens is 358 g/mol. The van der Waals surface area contributed by atoms with Crippen molar-refractivity contribution in [3.63, 3.8) is 0 Å². The average Bonchev–Trinajstić information content (AvgIpc) is 3.15. The zero-order valence-corrected chi connectivity index (χ0v) is 15.5. The zero-order chi connectivity index (χ0) is 19.2. The average molecular weight is 376 g/mol. The van der Waals surface area contributed by atoms with Gasteiger partial charge in [0, 0.05) is 22.6 Å². The first-order chi connectivity index (χ1) is 13.1. The van der Waals surface area contributed by atoms with Crippen molar-refractivity contribution >= 4 is 23.6 Å². The first kappa shape index (κ1) is 18.5. The standard InChI is InChI=1S/C22H18ClN3O/c1-16(17-6-3-2-4-7-17)25-22(27)18(15-24)14-21-8-5-13-26(21)20-11-9-19(23)10-12-20/h2-14,16H,1H3,(H,25,27)/b18-14-/t16-/m0/s1. The van der Waals surface area contributed by atoms with Gasteiger partial charge in [-0.3, -0.25) is 4.79 Å². The first-order valence-corrected chi connectivity index (χ1v) is 8.87. The molecule has 0 saturated heterocycles. The highest BCUT2D eigenvalue weighted by Gasteiger charge is 2.14. The van der Waals surface area contributed by atoms with Gasteiger partial charge in [0.05, 0.1) is 6.04 Å². The molecule has 2 aromatic carbocycles. The third-order valence-electron chi connectivity index (χ3n) is 4.19. The molecule has 0 aliphatic carbocycles. The molecule has 0 saturated carbocycles. The number of rotatable bonds is 5. The molecule has 1 amide bonds. The van der Waals surface area contributed by atoms with E-state index in [-0.39, 0.29) is 11.6 Å². The number of halogens is 1. The van der Waals surface area contributed by atoms with Crippen LogP contribution in [0.25, 0.3) is 11.8 Å². The van der Waals surface area contributed by atoms with Crippen LogP contribution in [-0.2, 0) is 4.79 Å². The van der Waals surface area contributed by atoms with Gasteiger partial charge in [-0.2, -0.15) is 5.26 Å². The summed E-state index contributed by atoms with van der Waals surface area (Å²) in [6.45, 7) is 1.89. The Morgan fingerprint density at radius 1 is 1.11 bits per heavy atom. The minimum absolute atomic E-state index is 0.0479. The SMILES string of the molecule is C[C@H](NC(=O)/C(C#N)=C\c1cccn1-c1ccc(Cl)cc1)c1ccccc1. The Kier molecular flexibility index (Phi) is 5.75. The highest BCUT2D eigenvalue weighted by atomic mass is 35.5. The Bertz CT molecular complexity index is 998. The summed E-state index contributed by atoms with van der Waals surface area (Å²) in [5.74, 6) is -0.405. The van der Waals surface area contributed by atoms with Crippen LogP contribution in [0.4, 0.5) is 0 Å². The van der Waals surface area contributed by atoms with Gasteiger partial charge in [-0.1, -0.05) is 41.9 Å². The first-order valence-electron chi connectivity index (χ1n) is 8.49. The molecule has 0 aliphatic rings. The van der Waals surface area contributed by atoms with E-state index in [0.29, 0.717) is 5.02 Å². The van der Waals surface area contributed by atoms with Crippen LogP contribution in [0.5, 0.6) is 0 Å². The number of benzene rings is 2. The molecular formula is C22H18ClN3O. The topological polar surface area (TPSA) is 57.8 Å². The molecule has 3 aromatic rings. The van der Waals surface area contributed by atoms with Gasteiger partial charge in [-0.25, -0.2) is 0 Å². The van der Waals surface area contributed by atoms with Crippen LogP contribution < -0.4 is 5.32 Å². The van der Waals surface area contributed by atoms with Gasteiger partial charge in [-0.15, -0.1) is 0 Å². The highest BCUT2D eigenvalue weighted by molar-refractivity contribution is 6.30. The molecule has 4 nitrogen and oxygen atoms in total. The van der Waals surface area contributed by atoms with Gasteiger partial charge in [0.2, 0.25) is 0 Å². The second kappa shape index (κ2) is 8.39. The number of nitrogens with zero attached hydrogens (tertiary/aromatic N) is 2. The second-order valence-corrected chi connectivity index (χ2v) is 6.49. The Balaban J connectivity index is 1.83. The van der Waals surface area contributed by atoms with Gasteiger partial charge in [0.15, 0.2) is 0 Å². The third kappa shape index (κ3) is 4.46. The quantitative estimate of drug-likeness (QED) is 0.508. The van der Waals surface area contributed by atoms with Crippen LogP contribution in [0.1, 0.15) is 24.2 Å². The predicted octanol–water partition coefficient (Wildman–Crippen LogP) is 4.92. The summed E-state index contributed by atoms with van der Waals surface area (Å²) in [6, 6.07) is 22.5. The van der Waals surface area contributed by atoms with Crippen LogP contribution in [0.15, 0.2) is 78.5 Å². The molecule has 134 valence electrons. The number of nitrogens with one attached hydrogen (secondary N) is 1. The van der Waals surface area contributed by atoms with Crippen LogP contribution in [0, 0.1) is 11.3 Å². The fourth-order valence-corrected chi connectivity index (χ4v) is 2.87. The van der Waals surface area contributed by atoms with Gasteiger partial charge in [0.25, 0.3) is 5.91 Å². The molecule has 3 rings (SSSR count). The molecule has 0 radical (unpaired) electrons. The third-order valence-corrected chi connectivity index (χ3v) is 4.44. The van der Waals surface area contributed by atoms with E-state index < -0.39 is 5.91 Å². The van der Waals surface area contributed by atoms with Gasteiger partial charge in [-0.05, 0) is 55.0 Å². The van der Waals surface area contributed by atoms with Crippen molar-refractivity contribution in [2.24, 2.45) is 0 Å². The van der Waals surface area contributed by atoms with Crippen molar-refractivity contribution in [1.82, 2.24) is 9.88 Å². The van der Waals surface area contributed by atoms with Crippen molar-refractivity contribution in [3.8, 4) is 11.8 Å². The van der Waals surface area contributed by atoms with Crippen LogP contribution >= 0.6 is 11.6 Å². The summed E-state index contributed by atoms with van der Waals surface area (Å²) in [6.07, 6.45) is 3.45. The number of nitriles is 1. The summed E-state index contributed by atoms with van der Waals surface area (Å²) in [7, 11) is 0. The van der Waals surface area contributed by atoms with Gasteiger partial charge >= 0.3 is 0 Å². The van der Waals surface area contributed by atoms with E-state index in [4.69, 9.17) is 11.6 Å². The number of aromatic nitrogens is 1. The Hall–Kier alpha value is -3.29. The van der Waals surface area contributed by atoms with E-state index >= 15 is 0 Å². The van der Waals surface area contributed by atoms with Crippen LogP contribution in [0.2, 0.25) is 5.02 Å². The molecule has 27 heavy (non-hydrogen) atoms. The lowest BCUT2D eigenvalue weighted by Gasteiger charge is -2.14. The second-order valence-electron chi connectivity index (χ2n) is 6.06. The fraction of sp³-hybridized carbons (Fsp3) is 0.0909. The normalized spacial score (nSPS) is 12.3. The minimum Gasteiger partial charge on any atom is -0.345 e. The monoisotopic (exact) mass is 375 g/mol. The molecule has 1 atom stereocenters. The lowest BCUT2D eigenvalue weighted by molar-refractivity contribution is -0.117. The zero-order valence-electron chi connectivity index (χ0n) is 14.8. The molecule has 1 aromatic heterocycles. The summed E-state index contributed by atoms with van der Waals surface area (Å²) < 4.78 is 1.89. The Labute approximate surface area is 163 Å². The van der Waals surface area contributed by atoms with Crippen molar-refractivity contribution < 1.29 is 4.79 Å². The Morgan fingerprint density at radius 2 is 1.81 bits per heavy atom. The van der Waals surface area contributed by atoms with Gasteiger partial charge in [0.1, 0.15) is 11.6 Å². The number of amides is 1. The lowest BCUT2D eigenvalue weighted by atomic mass is 10.1. The van der Waals surface area contributed by atoms with Crippen molar-refractivity contribution in [1.29, 1.82) is 5.26 Å². The molecule has 0 fully saturated rings. The Morgan fingerprint density at radius 3 is 2.48 bits per heavy atom. The van der Waals surface area contributed by atoms with E-state index in [2.05, 4.69) is 5.32 Å². The van der Waals surface area contributed by atoms with Crippen LogP contribution in [-0.4, -0.2) is 10.5 Å². The van der Waals surface area contributed by atoms with Gasteiger partial charge < -0.3 is 9.88 Å². The summed E-state index contributed by atoms with van der Waals surface area (Å²) in [4.78, 5) is 12.5. The molecule has 1 N–H and O–H groups in total. The van der Waals surface area contributed by atoms with E-state index in [1.165, 1.54) is 0 Å².